The van der Waals surface area contributed by atoms with Crippen molar-refractivity contribution in [3.63, 3.8) is 0 Å². The standard InChI is InChI=1S/C12H5Cl3FNO2S/c13-6-1-2-11(7(14)3-6)20-12-5-9(16)10(17(18)19)4-8(12)15/h1-5H. The number of hydrogen-bond acceptors (Lipinski definition) is 3. The summed E-state index contributed by atoms with van der Waals surface area (Å²) in [5.74, 6) is -0.952. The quantitative estimate of drug-likeness (QED) is 0.514. The first-order valence-electron chi connectivity index (χ1n) is 5.15. The summed E-state index contributed by atoms with van der Waals surface area (Å²) in [5, 5.41) is 11.5. The van der Waals surface area contributed by atoms with Gasteiger partial charge in [0.05, 0.1) is 15.0 Å². The van der Waals surface area contributed by atoms with Gasteiger partial charge in [-0.05, 0) is 24.3 Å². The predicted molar refractivity (Wildman–Crippen MR) is 78.6 cm³/mol. The van der Waals surface area contributed by atoms with Gasteiger partial charge in [0.15, 0.2) is 0 Å². The van der Waals surface area contributed by atoms with Crippen molar-refractivity contribution in [1.29, 1.82) is 0 Å². The zero-order valence-electron chi connectivity index (χ0n) is 9.57. The van der Waals surface area contributed by atoms with Gasteiger partial charge in [-0.3, -0.25) is 10.1 Å². The van der Waals surface area contributed by atoms with E-state index in [1.807, 2.05) is 0 Å². The molecule has 20 heavy (non-hydrogen) atoms. The molecule has 0 N–H and O–H groups in total. The summed E-state index contributed by atoms with van der Waals surface area (Å²) >= 11 is 18.8. The molecule has 0 aliphatic carbocycles. The smallest absolute Gasteiger partial charge is 0.258 e. The van der Waals surface area contributed by atoms with Gasteiger partial charge in [0.2, 0.25) is 5.82 Å². The molecule has 0 aliphatic rings. The van der Waals surface area contributed by atoms with Crippen molar-refractivity contribution in [2.75, 3.05) is 0 Å². The Kier molecular flexibility index (Phi) is 4.75. The van der Waals surface area contributed by atoms with Gasteiger partial charge >= 0.3 is 5.69 Å². The highest BCUT2D eigenvalue weighted by molar-refractivity contribution is 7.99. The van der Waals surface area contributed by atoms with Crippen LogP contribution in [0.1, 0.15) is 0 Å². The lowest BCUT2D eigenvalue weighted by Crippen LogP contribution is -1.93. The molecule has 0 saturated heterocycles. The number of halogens is 4. The van der Waals surface area contributed by atoms with Crippen LogP contribution in [-0.4, -0.2) is 4.92 Å². The van der Waals surface area contributed by atoms with Gasteiger partial charge < -0.3 is 0 Å². The number of nitrogens with zero attached hydrogens (tertiary/aromatic N) is 1. The lowest BCUT2D eigenvalue weighted by Gasteiger charge is -2.07. The molecule has 0 radical (unpaired) electrons. The van der Waals surface area contributed by atoms with Crippen LogP contribution in [0.15, 0.2) is 40.1 Å². The molecule has 0 saturated carbocycles. The van der Waals surface area contributed by atoms with E-state index in [9.17, 15) is 14.5 Å². The summed E-state index contributed by atoms with van der Waals surface area (Å²) in [6.45, 7) is 0. The fraction of sp³-hybridized carbons (Fsp3) is 0. The highest BCUT2D eigenvalue weighted by atomic mass is 35.5. The number of rotatable bonds is 3. The van der Waals surface area contributed by atoms with Gasteiger partial charge in [-0.15, -0.1) is 0 Å². The minimum Gasteiger partial charge on any atom is -0.258 e. The number of nitro benzene ring substituents is 1. The van der Waals surface area contributed by atoms with Gasteiger partial charge in [-0.1, -0.05) is 46.6 Å². The van der Waals surface area contributed by atoms with Crippen molar-refractivity contribution >= 4 is 52.3 Å². The molecule has 2 aromatic carbocycles. The van der Waals surface area contributed by atoms with Gasteiger partial charge in [-0.25, -0.2) is 0 Å². The molecule has 0 aromatic heterocycles. The second-order valence-corrected chi connectivity index (χ2v) is 6.00. The van der Waals surface area contributed by atoms with Crippen LogP contribution in [0.4, 0.5) is 10.1 Å². The second-order valence-electron chi connectivity index (χ2n) is 3.67. The van der Waals surface area contributed by atoms with E-state index in [2.05, 4.69) is 0 Å². The van der Waals surface area contributed by atoms with Crippen molar-refractivity contribution in [3.05, 3.63) is 61.3 Å². The molecule has 2 aromatic rings. The van der Waals surface area contributed by atoms with E-state index in [1.54, 1.807) is 18.2 Å². The molecule has 8 heteroatoms. The average Bonchev–Trinajstić information content (AvgIpc) is 2.36. The van der Waals surface area contributed by atoms with Crippen molar-refractivity contribution in [3.8, 4) is 0 Å². The number of nitro groups is 1. The molecule has 104 valence electrons. The first-order chi connectivity index (χ1) is 9.38. The third-order valence-corrected chi connectivity index (χ3v) is 4.53. The Labute approximate surface area is 132 Å². The molecule has 3 nitrogen and oxygen atoms in total. The maximum Gasteiger partial charge on any atom is 0.306 e. The van der Waals surface area contributed by atoms with Crippen molar-refractivity contribution in [1.82, 2.24) is 0 Å². The fourth-order valence-corrected chi connectivity index (χ4v) is 3.06. The van der Waals surface area contributed by atoms with Gasteiger partial charge in [0.25, 0.3) is 0 Å². The lowest BCUT2D eigenvalue weighted by atomic mass is 10.3. The highest BCUT2D eigenvalue weighted by Gasteiger charge is 2.18. The van der Waals surface area contributed by atoms with Crippen LogP contribution in [0.5, 0.6) is 0 Å². The van der Waals surface area contributed by atoms with Crippen LogP contribution in [0.2, 0.25) is 15.1 Å². The van der Waals surface area contributed by atoms with Crippen LogP contribution in [0, 0.1) is 15.9 Å². The highest BCUT2D eigenvalue weighted by Crippen LogP contribution is 2.40. The van der Waals surface area contributed by atoms with Crippen molar-refractivity contribution in [2.45, 2.75) is 9.79 Å². The lowest BCUT2D eigenvalue weighted by molar-refractivity contribution is -0.387. The van der Waals surface area contributed by atoms with E-state index in [0.717, 1.165) is 23.9 Å². The SMILES string of the molecule is O=[N+]([O-])c1cc(Cl)c(Sc2ccc(Cl)cc2Cl)cc1F. The molecule has 0 heterocycles. The van der Waals surface area contributed by atoms with E-state index >= 15 is 0 Å². The number of benzene rings is 2. The molecule has 0 fully saturated rings. The van der Waals surface area contributed by atoms with E-state index < -0.39 is 16.4 Å². The molecule has 0 atom stereocenters. The maximum absolute atomic E-state index is 13.6. The van der Waals surface area contributed by atoms with Crippen LogP contribution in [0.3, 0.4) is 0 Å². The normalized spacial score (nSPS) is 10.6. The first-order valence-corrected chi connectivity index (χ1v) is 7.10. The summed E-state index contributed by atoms with van der Waals surface area (Å²) in [5.41, 5.74) is -0.665. The van der Waals surface area contributed by atoms with E-state index in [4.69, 9.17) is 34.8 Å². The first kappa shape index (κ1) is 15.4. The zero-order valence-corrected chi connectivity index (χ0v) is 12.7. The fourth-order valence-electron chi connectivity index (χ4n) is 1.41. The largest absolute Gasteiger partial charge is 0.306 e. The van der Waals surface area contributed by atoms with Crippen LogP contribution in [-0.2, 0) is 0 Å². The molecule has 2 rings (SSSR count). The minimum absolute atomic E-state index is 0.0779. The van der Waals surface area contributed by atoms with E-state index in [0.29, 0.717) is 19.8 Å². The molecule has 0 spiro atoms. The Morgan fingerprint density at radius 1 is 1.05 bits per heavy atom. The maximum atomic E-state index is 13.6. The summed E-state index contributed by atoms with van der Waals surface area (Å²) in [4.78, 5) is 10.7. The van der Waals surface area contributed by atoms with Crippen LogP contribution in [0.25, 0.3) is 0 Å². The van der Waals surface area contributed by atoms with E-state index in [-0.39, 0.29) is 5.02 Å². The predicted octanol–water partition coefficient (Wildman–Crippen LogP) is 5.85. The molecule has 0 amide bonds. The Hall–Kier alpha value is -1.01. The molecule has 0 aliphatic heterocycles. The third-order valence-electron chi connectivity index (χ3n) is 2.31. The van der Waals surface area contributed by atoms with Gasteiger partial charge in [0, 0.05) is 20.9 Å². The topological polar surface area (TPSA) is 43.1 Å². The van der Waals surface area contributed by atoms with Crippen LogP contribution < -0.4 is 0 Å². The van der Waals surface area contributed by atoms with Gasteiger partial charge in [-0.2, -0.15) is 4.39 Å². The molecule has 0 bridgehead atoms. The molecular weight excluding hydrogens is 348 g/mol. The summed E-state index contributed by atoms with van der Waals surface area (Å²) < 4.78 is 13.6. The van der Waals surface area contributed by atoms with E-state index in [1.165, 1.54) is 0 Å². The summed E-state index contributed by atoms with van der Waals surface area (Å²) in [7, 11) is 0. The summed E-state index contributed by atoms with van der Waals surface area (Å²) in [6.07, 6.45) is 0. The third kappa shape index (κ3) is 3.35. The minimum atomic E-state index is -0.952. The Morgan fingerprint density at radius 3 is 2.30 bits per heavy atom. The summed E-state index contributed by atoms with van der Waals surface area (Å²) in [6, 6.07) is 6.82. The van der Waals surface area contributed by atoms with Crippen LogP contribution >= 0.6 is 46.6 Å². The number of hydrogen-bond donors (Lipinski definition) is 0. The Bertz CT molecular complexity index is 697. The average molecular weight is 353 g/mol. The Morgan fingerprint density at radius 2 is 1.70 bits per heavy atom. The van der Waals surface area contributed by atoms with Gasteiger partial charge in [0.1, 0.15) is 0 Å². The molecule has 0 unspecified atom stereocenters. The molecular formula is C12H5Cl3FNO2S. The van der Waals surface area contributed by atoms with Crippen molar-refractivity contribution in [2.24, 2.45) is 0 Å². The monoisotopic (exact) mass is 351 g/mol. The second kappa shape index (κ2) is 6.18. The van der Waals surface area contributed by atoms with Crippen molar-refractivity contribution < 1.29 is 9.31 Å². The Balaban J connectivity index is 2.39. The zero-order chi connectivity index (χ0) is 14.9.